The minimum atomic E-state index is -3.91. The summed E-state index contributed by atoms with van der Waals surface area (Å²) in [4.78, 5) is 4.38. The van der Waals surface area contributed by atoms with Crippen molar-refractivity contribution < 1.29 is 17.2 Å². The van der Waals surface area contributed by atoms with Crippen molar-refractivity contribution in [2.45, 2.75) is 36.5 Å². The molecule has 2 fully saturated rings. The minimum absolute atomic E-state index is 0.0406. The molecule has 1 N–H and O–H groups in total. The summed E-state index contributed by atoms with van der Waals surface area (Å²) in [6.45, 7) is 1.11. The van der Waals surface area contributed by atoms with Gasteiger partial charge in [-0.1, -0.05) is 6.07 Å². The summed E-state index contributed by atoms with van der Waals surface area (Å²) in [5.41, 5.74) is 0.460. The zero-order chi connectivity index (χ0) is 18.5. The first-order valence-corrected chi connectivity index (χ1v) is 10.1. The van der Waals surface area contributed by atoms with Crippen LogP contribution in [-0.4, -0.2) is 47.7 Å². The molecule has 0 radical (unpaired) electrons. The highest BCUT2D eigenvalue weighted by molar-refractivity contribution is 7.89. The third-order valence-corrected chi connectivity index (χ3v) is 7.16. The summed E-state index contributed by atoms with van der Waals surface area (Å²) in [5.74, 6) is 0.113. The normalized spacial score (nSPS) is 24.3. The van der Waals surface area contributed by atoms with Crippen molar-refractivity contribution in [1.82, 2.24) is 19.5 Å². The number of nitrogens with zero attached hydrogens (tertiary/aromatic N) is 3. The molecular weight excluding hydrogens is 362 g/mol. The van der Waals surface area contributed by atoms with Gasteiger partial charge in [-0.15, -0.1) is 0 Å². The molecule has 6 nitrogen and oxygen atoms in total. The van der Waals surface area contributed by atoms with E-state index in [0.717, 1.165) is 24.7 Å². The van der Waals surface area contributed by atoms with Gasteiger partial charge in [0.25, 0.3) is 0 Å². The van der Waals surface area contributed by atoms with Crippen LogP contribution in [0.3, 0.4) is 0 Å². The largest absolute Gasteiger partial charge is 0.263 e. The van der Waals surface area contributed by atoms with E-state index in [0.29, 0.717) is 17.3 Å². The smallest absolute Gasteiger partial charge is 0.243 e. The van der Waals surface area contributed by atoms with Gasteiger partial charge in [0.2, 0.25) is 10.0 Å². The highest BCUT2D eigenvalue weighted by atomic mass is 32.2. The molecule has 2 aliphatic rings. The second-order valence-corrected chi connectivity index (χ2v) is 9.01. The Kier molecular flexibility index (Phi) is 4.31. The fourth-order valence-corrected chi connectivity index (χ4v) is 5.22. The van der Waals surface area contributed by atoms with Crippen LogP contribution in [0.2, 0.25) is 0 Å². The van der Waals surface area contributed by atoms with Gasteiger partial charge in [-0.3, -0.25) is 9.49 Å². The summed E-state index contributed by atoms with van der Waals surface area (Å²) in [7, 11) is -3.91. The quantitative estimate of drug-likeness (QED) is 0.862. The number of hydrogen-bond acceptors (Lipinski definition) is 4. The maximum atomic E-state index is 13.6. The summed E-state index contributed by atoms with van der Waals surface area (Å²) >= 11 is 0. The number of halogens is 2. The summed E-state index contributed by atoms with van der Waals surface area (Å²) < 4.78 is 54.3. The van der Waals surface area contributed by atoms with E-state index < -0.39 is 28.4 Å². The third-order valence-electron chi connectivity index (χ3n) is 5.19. The Hall–Kier alpha value is -1.87. The van der Waals surface area contributed by atoms with Crippen LogP contribution in [0, 0.1) is 18.7 Å². The van der Waals surface area contributed by atoms with Crippen molar-refractivity contribution in [1.29, 1.82) is 0 Å². The standard InChI is InChI=1S/C17H20F2N4O2S/c1-10-2-5-13(19)6-15(10)26(24,25)23-8-12(7-18)14(9-23)17-20-16(21-22-17)11-3-4-11/h2,5-6,11-12,14H,3-4,7-9H2,1H3,(H,20,21,22). The second kappa shape index (κ2) is 6.38. The van der Waals surface area contributed by atoms with E-state index in [1.54, 1.807) is 6.92 Å². The number of nitrogens with one attached hydrogen (secondary N) is 1. The zero-order valence-corrected chi connectivity index (χ0v) is 15.1. The second-order valence-electron chi connectivity index (χ2n) is 7.11. The van der Waals surface area contributed by atoms with Crippen LogP contribution >= 0.6 is 0 Å². The fourth-order valence-electron chi connectivity index (χ4n) is 3.46. The van der Waals surface area contributed by atoms with Crippen molar-refractivity contribution in [3.8, 4) is 0 Å². The lowest BCUT2D eigenvalue weighted by atomic mass is 9.97. The van der Waals surface area contributed by atoms with Crippen LogP contribution in [0.25, 0.3) is 0 Å². The minimum Gasteiger partial charge on any atom is -0.263 e. The number of aryl methyl sites for hydroxylation is 1. The number of aromatic nitrogens is 3. The number of hydrogen-bond donors (Lipinski definition) is 1. The Balaban J connectivity index is 1.62. The van der Waals surface area contributed by atoms with Crippen molar-refractivity contribution in [3.63, 3.8) is 0 Å². The first-order valence-electron chi connectivity index (χ1n) is 8.64. The predicted molar refractivity (Wildman–Crippen MR) is 90.5 cm³/mol. The molecule has 1 aliphatic carbocycles. The van der Waals surface area contributed by atoms with Crippen molar-refractivity contribution in [2.75, 3.05) is 19.8 Å². The third kappa shape index (κ3) is 3.03. The molecule has 2 unspecified atom stereocenters. The van der Waals surface area contributed by atoms with Crippen LogP contribution in [0.1, 0.15) is 41.9 Å². The van der Waals surface area contributed by atoms with Gasteiger partial charge in [0.15, 0.2) is 5.82 Å². The van der Waals surface area contributed by atoms with Crippen LogP contribution in [0.4, 0.5) is 8.78 Å². The Labute approximate surface area is 150 Å². The van der Waals surface area contributed by atoms with E-state index in [1.807, 2.05) is 0 Å². The lowest BCUT2D eigenvalue weighted by Crippen LogP contribution is -2.30. The van der Waals surface area contributed by atoms with Crippen LogP contribution in [0.15, 0.2) is 23.1 Å². The molecule has 1 saturated heterocycles. The van der Waals surface area contributed by atoms with Crippen LogP contribution in [-0.2, 0) is 10.0 Å². The van der Waals surface area contributed by atoms with Gasteiger partial charge in [-0.25, -0.2) is 17.8 Å². The van der Waals surface area contributed by atoms with Gasteiger partial charge in [0.05, 0.1) is 11.6 Å². The molecule has 9 heteroatoms. The summed E-state index contributed by atoms with van der Waals surface area (Å²) in [5, 5.41) is 7.04. The van der Waals surface area contributed by atoms with Crippen LogP contribution in [0.5, 0.6) is 0 Å². The Morgan fingerprint density at radius 1 is 1.31 bits per heavy atom. The summed E-state index contributed by atoms with van der Waals surface area (Å²) in [6.07, 6.45) is 2.10. The van der Waals surface area contributed by atoms with E-state index in [-0.39, 0.29) is 23.9 Å². The topological polar surface area (TPSA) is 79.0 Å². The average molecular weight is 382 g/mol. The summed E-state index contributed by atoms with van der Waals surface area (Å²) in [6, 6.07) is 3.67. The van der Waals surface area contributed by atoms with Gasteiger partial charge in [0.1, 0.15) is 11.6 Å². The number of rotatable bonds is 5. The lowest BCUT2D eigenvalue weighted by Gasteiger charge is -2.17. The van der Waals surface area contributed by atoms with Gasteiger partial charge in [0, 0.05) is 30.8 Å². The average Bonchev–Trinajstić information content (AvgIpc) is 3.18. The molecule has 1 aromatic heterocycles. The van der Waals surface area contributed by atoms with E-state index in [9.17, 15) is 17.2 Å². The van der Waals surface area contributed by atoms with Gasteiger partial charge >= 0.3 is 0 Å². The number of sulfonamides is 1. The molecular formula is C17H20F2N4O2S. The molecule has 0 spiro atoms. The highest BCUT2D eigenvalue weighted by Crippen LogP contribution is 2.40. The van der Waals surface area contributed by atoms with E-state index in [1.165, 1.54) is 16.4 Å². The molecule has 1 aromatic carbocycles. The molecule has 2 heterocycles. The molecule has 26 heavy (non-hydrogen) atoms. The van der Waals surface area contributed by atoms with E-state index in [4.69, 9.17) is 0 Å². The first kappa shape index (κ1) is 17.5. The number of H-pyrrole nitrogens is 1. The molecule has 0 bridgehead atoms. The molecule has 1 aliphatic heterocycles. The molecule has 1 saturated carbocycles. The maximum absolute atomic E-state index is 13.6. The van der Waals surface area contributed by atoms with Crippen molar-refractivity contribution >= 4 is 10.0 Å². The van der Waals surface area contributed by atoms with Gasteiger partial charge in [-0.05, 0) is 37.5 Å². The van der Waals surface area contributed by atoms with E-state index in [2.05, 4.69) is 15.2 Å². The Bertz CT molecular complexity index is 927. The van der Waals surface area contributed by atoms with Gasteiger partial charge < -0.3 is 0 Å². The van der Waals surface area contributed by atoms with Crippen molar-refractivity contribution in [3.05, 3.63) is 41.2 Å². The first-order chi connectivity index (χ1) is 12.4. The highest BCUT2D eigenvalue weighted by Gasteiger charge is 2.42. The number of benzene rings is 1. The molecule has 140 valence electrons. The monoisotopic (exact) mass is 382 g/mol. The number of aromatic amines is 1. The molecule has 4 rings (SSSR count). The van der Waals surface area contributed by atoms with Gasteiger partial charge in [-0.2, -0.15) is 9.40 Å². The van der Waals surface area contributed by atoms with E-state index >= 15 is 0 Å². The van der Waals surface area contributed by atoms with Crippen LogP contribution < -0.4 is 0 Å². The Morgan fingerprint density at radius 3 is 2.77 bits per heavy atom. The zero-order valence-electron chi connectivity index (χ0n) is 14.3. The number of alkyl halides is 1. The van der Waals surface area contributed by atoms with Crippen molar-refractivity contribution in [2.24, 2.45) is 5.92 Å². The SMILES string of the molecule is Cc1ccc(F)cc1S(=O)(=O)N1CC(CF)C(c2nc(C3CC3)n[nH]2)C1. The lowest BCUT2D eigenvalue weighted by molar-refractivity contribution is 0.346. The predicted octanol–water partition coefficient (Wildman–Crippen LogP) is 2.50. The fraction of sp³-hybridized carbons (Fsp3) is 0.529. The molecule has 2 aromatic rings. The molecule has 2 atom stereocenters. The molecule has 0 amide bonds. The maximum Gasteiger partial charge on any atom is 0.243 e. The Morgan fingerprint density at radius 2 is 2.08 bits per heavy atom.